The van der Waals surface area contributed by atoms with Gasteiger partial charge in [-0.1, -0.05) is 6.07 Å². The van der Waals surface area contributed by atoms with Crippen LogP contribution in [0.5, 0.6) is 0 Å². The van der Waals surface area contributed by atoms with E-state index in [1.165, 1.54) is 0 Å². The largest absolute Gasteiger partial charge is 0.481 e. The maximum atomic E-state index is 10.00. The lowest BCUT2D eigenvalue weighted by Crippen LogP contribution is -2.67. The van der Waals surface area contributed by atoms with Crippen LogP contribution in [0.15, 0.2) is 53.9 Å². The van der Waals surface area contributed by atoms with E-state index in [1.54, 1.807) is 0 Å². The van der Waals surface area contributed by atoms with Crippen LogP contribution in [-0.2, 0) is 10.3 Å². The topological polar surface area (TPSA) is 84.5 Å². The molecule has 3 heterocycles. The molecular weight excluding hydrogens is 324 g/mol. The van der Waals surface area contributed by atoms with Gasteiger partial charge < -0.3 is 4.74 Å². The molecule has 0 N–H and O–H groups in total. The molecule has 2 aliphatic heterocycles. The number of ether oxygens (including phenoxy) is 1. The van der Waals surface area contributed by atoms with Crippen molar-refractivity contribution in [3.8, 4) is 18.2 Å². The van der Waals surface area contributed by atoms with Gasteiger partial charge in [0.05, 0.1) is 6.07 Å². The first-order valence-corrected chi connectivity index (χ1v) is 8.26. The number of allylic oxidation sites excluding steroid dienone is 2. The van der Waals surface area contributed by atoms with Crippen LogP contribution in [0.2, 0.25) is 0 Å². The van der Waals surface area contributed by atoms with Crippen molar-refractivity contribution in [2.24, 2.45) is 5.92 Å². The van der Waals surface area contributed by atoms with E-state index >= 15 is 0 Å². The van der Waals surface area contributed by atoms with E-state index < -0.39 is 17.1 Å². The molecule has 0 radical (unpaired) electrons. The molecule has 26 heavy (non-hydrogen) atoms. The zero-order valence-corrected chi connectivity index (χ0v) is 14.4. The van der Waals surface area contributed by atoms with Crippen molar-refractivity contribution in [3.63, 3.8) is 0 Å². The van der Waals surface area contributed by atoms with Gasteiger partial charge in [0.2, 0.25) is 11.1 Å². The molecule has 2 aromatic rings. The number of pyridine rings is 1. The highest BCUT2D eigenvalue weighted by Crippen LogP contribution is 2.51. The molecule has 1 fully saturated rings. The minimum absolute atomic E-state index is 0.149. The van der Waals surface area contributed by atoms with Crippen molar-refractivity contribution >= 4 is 17.0 Å². The van der Waals surface area contributed by atoms with E-state index in [0.29, 0.717) is 0 Å². The predicted molar refractivity (Wildman–Crippen MR) is 93.7 cm³/mol. The monoisotopic (exact) mass is 339 g/mol. The molecule has 1 aromatic heterocycles. The van der Waals surface area contributed by atoms with E-state index in [-0.39, 0.29) is 11.3 Å². The summed E-state index contributed by atoms with van der Waals surface area (Å²) in [6.07, 6.45) is 5.91. The standard InChI is InChI=1S/C21H15N4O/c1-20(2)21(17(13-24)19(26-20)16(11-22)12-23)9-8-15-6-3-5-14-7-4-10-25(21)18(14)15/h3-10,17H,1-2H3/q+1. The number of hydrogen-bond donors (Lipinski definition) is 0. The summed E-state index contributed by atoms with van der Waals surface area (Å²) in [7, 11) is 0. The van der Waals surface area contributed by atoms with E-state index in [1.807, 2.05) is 74.7 Å². The van der Waals surface area contributed by atoms with Gasteiger partial charge in [0.25, 0.3) is 0 Å². The average Bonchev–Trinajstić information content (AvgIpc) is 2.86. The summed E-state index contributed by atoms with van der Waals surface area (Å²) in [5.41, 5.74) is 0.223. The molecule has 0 saturated carbocycles. The fourth-order valence-electron chi connectivity index (χ4n) is 4.22. The maximum absolute atomic E-state index is 10.00. The summed E-state index contributed by atoms with van der Waals surface area (Å²) in [4.78, 5) is 0. The first-order chi connectivity index (χ1) is 12.5. The number of nitrogens with zero attached hydrogens (tertiary/aromatic N) is 4. The molecule has 0 bridgehead atoms. The zero-order valence-electron chi connectivity index (χ0n) is 14.4. The number of para-hydroxylation sites is 1. The highest BCUT2D eigenvalue weighted by Gasteiger charge is 2.68. The van der Waals surface area contributed by atoms with Crippen LogP contribution >= 0.6 is 0 Å². The summed E-state index contributed by atoms with van der Waals surface area (Å²) in [5, 5.41) is 29.7. The van der Waals surface area contributed by atoms with Gasteiger partial charge in [-0.05, 0) is 44.2 Å². The Morgan fingerprint density at radius 3 is 2.54 bits per heavy atom. The molecule has 4 rings (SSSR count). The molecular formula is C21H15N4O+. The smallest absolute Gasteiger partial charge is 0.248 e. The van der Waals surface area contributed by atoms with E-state index in [2.05, 4.69) is 10.6 Å². The Kier molecular flexibility index (Phi) is 3.17. The number of aromatic nitrogens is 1. The summed E-state index contributed by atoms with van der Waals surface area (Å²) in [6.45, 7) is 3.78. The van der Waals surface area contributed by atoms with Crippen LogP contribution in [0.3, 0.4) is 0 Å². The van der Waals surface area contributed by atoms with Crippen molar-refractivity contribution in [2.75, 3.05) is 0 Å². The summed E-state index contributed by atoms with van der Waals surface area (Å²) >= 11 is 0. The molecule has 1 aromatic carbocycles. The summed E-state index contributed by atoms with van der Waals surface area (Å²) in [5.74, 6) is -0.636. The Bertz CT molecular complexity index is 1120. The number of benzene rings is 1. The van der Waals surface area contributed by atoms with Gasteiger partial charge in [-0.25, -0.2) is 0 Å². The number of rotatable bonds is 0. The quantitative estimate of drug-likeness (QED) is 0.545. The van der Waals surface area contributed by atoms with Gasteiger partial charge in [-0.2, -0.15) is 20.4 Å². The molecule has 1 spiro atoms. The second-order valence-corrected chi connectivity index (χ2v) is 6.96. The predicted octanol–water partition coefficient (Wildman–Crippen LogP) is 3.10. The lowest BCUT2D eigenvalue weighted by Gasteiger charge is -2.35. The first-order valence-electron chi connectivity index (χ1n) is 8.26. The minimum Gasteiger partial charge on any atom is -0.481 e. The van der Waals surface area contributed by atoms with Crippen molar-refractivity contribution < 1.29 is 9.30 Å². The number of fused-ring (bicyclic) bond motifs is 1. The number of hydrogen-bond acceptors (Lipinski definition) is 4. The third-order valence-corrected chi connectivity index (χ3v) is 5.40. The van der Waals surface area contributed by atoms with Crippen molar-refractivity contribution in [1.29, 1.82) is 15.8 Å². The summed E-state index contributed by atoms with van der Waals surface area (Å²) in [6, 6.07) is 16.1. The Balaban J connectivity index is 2.13. The fraction of sp³-hybridized carbons (Fsp3) is 0.238. The highest BCUT2D eigenvalue weighted by molar-refractivity contribution is 5.85. The third kappa shape index (κ3) is 1.74. The fourth-order valence-corrected chi connectivity index (χ4v) is 4.22. The van der Waals surface area contributed by atoms with Gasteiger partial charge in [0.1, 0.15) is 12.1 Å². The van der Waals surface area contributed by atoms with Gasteiger partial charge >= 0.3 is 0 Å². The molecule has 0 aliphatic carbocycles. The van der Waals surface area contributed by atoms with E-state index in [4.69, 9.17) is 4.74 Å². The zero-order chi connectivity index (χ0) is 18.5. The Labute approximate surface area is 151 Å². The van der Waals surface area contributed by atoms with E-state index in [0.717, 1.165) is 16.5 Å². The lowest BCUT2D eigenvalue weighted by atomic mass is 9.72. The summed E-state index contributed by atoms with van der Waals surface area (Å²) < 4.78 is 8.14. The highest BCUT2D eigenvalue weighted by atomic mass is 16.5. The molecule has 124 valence electrons. The molecule has 1 saturated heterocycles. The Morgan fingerprint density at radius 2 is 1.85 bits per heavy atom. The van der Waals surface area contributed by atoms with Gasteiger partial charge in [0.15, 0.2) is 29.0 Å². The maximum Gasteiger partial charge on any atom is 0.248 e. The van der Waals surface area contributed by atoms with Gasteiger partial charge in [-0.15, -0.1) is 0 Å². The third-order valence-electron chi connectivity index (χ3n) is 5.40. The average molecular weight is 339 g/mol. The van der Waals surface area contributed by atoms with Crippen molar-refractivity contribution in [2.45, 2.75) is 25.0 Å². The van der Waals surface area contributed by atoms with E-state index in [9.17, 15) is 15.8 Å². The van der Waals surface area contributed by atoms with Crippen molar-refractivity contribution in [3.05, 3.63) is 59.5 Å². The minimum atomic E-state index is -0.857. The molecule has 0 amide bonds. The van der Waals surface area contributed by atoms with Gasteiger partial charge in [0, 0.05) is 17.0 Å². The van der Waals surface area contributed by atoms with Crippen LogP contribution in [0.25, 0.3) is 17.0 Å². The molecule has 2 aliphatic rings. The number of nitriles is 3. The normalized spacial score (nSPS) is 24.6. The second kappa shape index (κ2) is 5.19. The van der Waals surface area contributed by atoms with Crippen LogP contribution in [-0.4, -0.2) is 5.60 Å². The van der Waals surface area contributed by atoms with Crippen molar-refractivity contribution in [1.82, 2.24) is 0 Å². The second-order valence-electron chi connectivity index (χ2n) is 6.96. The lowest BCUT2D eigenvalue weighted by molar-refractivity contribution is -0.744. The molecule has 2 unspecified atom stereocenters. The Hall–Kier alpha value is -3.62. The van der Waals surface area contributed by atoms with Crippen LogP contribution in [0.4, 0.5) is 0 Å². The van der Waals surface area contributed by atoms with Crippen LogP contribution in [0.1, 0.15) is 19.4 Å². The molecule has 5 heteroatoms. The molecule has 2 atom stereocenters. The first kappa shape index (κ1) is 15.9. The van der Waals surface area contributed by atoms with Gasteiger partial charge in [-0.3, -0.25) is 0 Å². The van der Waals surface area contributed by atoms with Crippen LogP contribution < -0.4 is 4.57 Å². The Morgan fingerprint density at radius 1 is 1.12 bits per heavy atom. The SMILES string of the molecule is CC1(C)OC(=C(C#N)C#N)C(C#N)C12C=Cc1cccc3ccc[n+]2c13. The molecule has 5 nitrogen and oxygen atoms in total. The van der Waals surface area contributed by atoms with Crippen LogP contribution in [0, 0.1) is 39.9 Å².